The summed E-state index contributed by atoms with van der Waals surface area (Å²) in [5.41, 5.74) is 5.83. The topological polar surface area (TPSA) is 104 Å². The predicted molar refractivity (Wildman–Crippen MR) is 177 cm³/mol. The Morgan fingerprint density at radius 3 is 2.59 bits per heavy atom. The zero-order chi connectivity index (χ0) is 31.5. The fourth-order valence-electron chi connectivity index (χ4n) is 6.22. The van der Waals surface area contributed by atoms with Gasteiger partial charge in [0.05, 0.1) is 18.5 Å². The number of carbonyl (C=O) groups excluding carboxylic acids is 3. The summed E-state index contributed by atoms with van der Waals surface area (Å²) in [7, 11) is 0. The number of carbonyl (C=O) groups is 3. The molecule has 3 aromatic carbocycles. The highest BCUT2D eigenvalue weighted by Gasteiger charge is 2.40. The Kier molecular flexibility index (Phi) is 8.61. The van der Waals surface area contributed by atoms with E-state index in [-0.39, 0.29) is 18.4 Å². The van der Waals surface area contributed by atoms with Crippen molar-refractivity contribution in [2.24, 2.45) is 4.99 Å². The molecule has 46 heavy (non-hydrogen) atoms. The van der Waals surface area contributed by atoms with Gasteiger partial charge in [0.2, 0.25) is 11.8 Å². The van der Waals surface area contributed by atoms with E-state index in [2.05, 4.69) is 17.4 Å². The SMILES string of the molecule is O=C(Nc1ccc(C2SC(=Nc3ccc4c(c3)CCC4)N(Cc3ccco3)C2=O)cc1)[C@@H]1CCCN1C(=O)OCc1ccccc1. The average Bonchev–Trinajstić information content (AvgIpc) is 3.90. The molecule has 7 rings (SSSR count). The second-order valence-corrected chi connectivity index (χ2v) is 12.8. The first-order valence-electron chi connectivity index (χ1n) is 15.6. The van der Waals surface area contributed by atoms with E-state index in [1.807, 2.05) is 60.7 Å². The smallest absolute Gasteiger partial charge is 0.410 e. The van der Waals surface area contributed by atoms with Crippen molar-refractivity contribution >= 4 is 46.2 Å². The number of ether oxygens (including phenoxy) is 1. The van der Waals surface area contributed by atoms with E-state index in [0.717, 1.165) is 42.5 Å². The quantitative estimate of drug-likeness (QED) is 0.224. The van der Waals surface area contributed by atoms with Crippen molar-refractivity contribution in [1.29, 1.82) is 0 Å². The molecule has 1 aliphatic carbocycles. The van der Waals surface area contributed by atoms with Crippen LogP contribution in [0.3, 0.4) is 0 Å². The Labute approximate surface area is 271 Å². The largest absolute Gasteiger partial charge is 0.467 e. The van der Waals surface area contributed by atoms with Crippen LogP contribution in [0.4, 0.5) is 16.2 Å². The third-order valence-corrected chi connectivity index (χ3v) is 9.85. The number of aryl methyl sites for hydroxylation is 2. The van der Waals surface area contributed by atoms with E-state index in [0.29, 0.717) is 36.1 Å². The van der Waals surface area contributed by atoms with Gasteiger partial charge in [0.25, 0.3) is 0 Å². The van der Waals surface area contributed by atoms with Crippen LogP contribution < -0.4 is 5.32 Å². The molecule has 0 spiro atoms. The molecule has 0 saturated carbocycles. The molecule has 234 valence electrons. The van der Waals surface area contributed by atoms with Crippen molar-refractivity contribution in [2.45, 2.75) is 56.5 Å². The number of likely N-dealkylation sites (tertiary alicyclic amines) is 1. The van der Waals surface area contributed by atoms with E-state index in [1.54, 1.807) is 23.3 Å². The first kappa shape index (κ1) is 29.9. The van der Waals surface area contributed by atoms with Crippen LogP contribution in [0, 0.1) is 0 Å². The zero-order valence-electron chi connectivity index (χ0n) is 25.3. The van der Waals surface area contributed by atoms with Crippen LogP contribution in [0.1, 0.15) is 52.5 Å². The third-order valence-electron chi connectivity index (χ3n) is 8.62. The van der Waals surface area contributed by atoms with Gasteiger partial charge in [-0.2, -0.15) is 0 Å². The molecule has 1 unspecified atom stereocenters. The highest BCUT2D eigenvalue weighted by molar-refractivity contribution is 8.15. The number of furan rings is 1. The Hall–Kier alpha value is -4.83. The lowest BCUT2D eigenvalue weighted by molar-refractivity contribution is -0.126. The molecular formula is C36H34N4O5S. The number of nitrogens with zero attached hydrogens (tertiary/aromatic N) is 3. The zero-order valence-corrected chi connectivity index (χ0v) is 26.1. The van der Waals surface area contributed by atoms with Crippen molar-refractivity contribution in [1.82, 2.24) is 9.80 Å². The fraction of sp³-hybridized carbons (Fsp3) is 0.278. The number of aliphatic imine (C=N–C) groups is 1. The number of benzene rings is 3. The second kappa shape index (κ2) is 13.3. The number of anilines is 1. The van der Waals surface area contributed by atoms with Gasteiger partial charge < -0.3 is 14.5 Å². The number of rotatable bonds is 8. The first-order valence-corrected chi connectivity index (χ1v) is 16.5. The highest BCUT2D eigenvalue weighted by atomic mass is 32.2. The van der Waals surface area contributed by atoms with E-state index in [9.17, 15) is 14.4 Å². The minimum atomic E-state index is -0.608. The summed E-state index contributed by atoms with van der Waals surface area (Å²) in [4.78, 5) is 47.9. The van der Waals surface area contributed by atoms with Crippen molar-refractivity contribution in [3.8, 4) is 0 Å². The first-order chi connectivity index (χ1) is 22.5. The lowest BCUT2D eigenvalue weighted by atomic mass is 10.1. The number of amidine groups is 1. The molecule has 0 radical (unpaired) electrons. The van der Waals surface area contributed by atoms with Gasteiger partial charge in [0.15, 0.2) is 5.17 Å². The molecular weight excluding hydrogens is 600 g/mol. The van der Waals surface area contributed by atoms with Crippen LogP contribution in [0.2, 0.25) is 0 Å². The summed E-state index contributed by atoms with van der Waals surface area (Å²) < 4.78 is 11.0. The molecule has 0 bridgehead atoms. The standard InChI is InChI=1S/C36H34N4O5S/c41-33(31-12-5-19-39(31)36(43)45-23-24-7-2-1-3-8-24)37-28-16-14-26(15-17-28)32-34(42)40(22-30-11-6-20-44-30)35(46-32)38-29-18-13-25-9-4-10-27(25)21-29/h1-3,6-8,11,13-18,20-21,31-32H,4-5,9-10,12,19,22-23H2,(H,37,41)/t31-,32?/m0/s1. The number of amides is 3. The summed E-state index contributed by atoms with van der Waals surface area (Å²) in [5, 5.41) is 3.08. The van der Waals surface area contributed by atoms with Gasteiger partial charge in [-0.25, -0.2) is 9.79 Å². The molecule has 9 nitrogen and oxygen atoms in total. The molecule has 1 aromatic heterocycles. The number of fused-ring (bicyclic) bond motifs is 1. The minimum absolute atomic E-state index is 0.0753. The monoisotopic (exact) mass is 634 g/mol. The van der Waals surface area contributed by atoms with Crippen LogP contribution >= 0.6 is 11.8 Å². The van der Waals surface area contributed by atoms with Crippen molar-refractivity contribution in [2.75, 3.05) is 11.9 Å². The van der Waals surface area contributed by atoms with Crippen molar-refractivity contribution in [3.63, 3.8) is 0 Å². The maximum Gasteiger partial charge on any atom is 0.410 e. The van der Waals surface area contributed by atoms with Crippen LogP contribution in [0.25, 0.3) is 0 Å². The van der Waals surface area contributed by atoms with Crippen molar-refractivity contribution in [3.05, 3.63) is 119 Å². The van der Waals surface area contributed by atoms with Crippen molar-refractivity contribution < 1.29 is 23.5 Å². The molecule has 2 atom stereocenters. The van der Waals surface area contributed by atoms with Gasteiger partial charge in [-0.15, -0.1) is 0 Å². The lowest BCUT2D eigenvalue weighted by Gasteiger charge is -2.23. The van der Waals surface area contributed by atoms with Gasteiger partial charge >= 0.3 is 6.09 Å². The Bertz CT molecular complexity index is 1760. The molecule has 2 saturated heterocycles. The van der Waals surface area contributed by atoms with E-state index in [4.69, 9.17) is 14.1 Å². The molecule has 3 amide bonds. The molecule has 4 aromatic rings. The van der Waals surface area contributed by atoms with E-state index < -0.39 is 17.4 Å². The van der Waals surface area contributed by atoms with Crippen LogP contribution in [0.5, 0.6) is 0 Å². The van der Waals surface area contributed by atoms with Crippen LogP contribution in [-0.4, -0.2) is 45.5 Å². The normalized spacial score (nSPS) is 19.9. The second-order valence-electron chi connectivity index (χ2n) is 11.7. The van der Waals surface area contributed by atoms with Gasteiger partial charge in [-0.3, -0.25) is 19.4 Å². The summed E-state index contributed by atoms with van der Waals surface area (Å²) >= 11 is 1.42. The Morgan fingerprint density at radius 2 is 1.78 bits per heavy atom. The molecule has 3 aliphatic rings. The van der Waals surface area contributed by atoms with Gasteiger partial charge in [-0.05, 0) is 90.8 Å². The molecule has 3 heterocycles. The average molecular weight is 635 g/mol. The molecule has 1 N–H and O–H groups in total. The number of hydrogen-bond donors (Lipinski definition) is 1. The Morgan fingerprint density at radius 1 is 0.957 bits per heavy atom. The maximum absolute atomic E-state index is 13.8. The number of nitrogens with one attached hydrogen (secondary N) is 1. The summed E-state index contributed by atoms with van der Waals surface area (Å²) in [6, 6.07) is 26.1. The third kappa shape index (κ3) is 6.44. The van der Waals surface area contributed by atoms with E-state index in [1.165, 1.54) is 27.8 Å². The van der Waals surface area contributed by atoms with Crippen LogP contribution in [-0.2, 0) is 40.3 Å². The summed E-state index contributed by atoms with van der Waals surface area (Å²) in [6.07, 6.45) is 5.71. The van der Waals surface area contributed by atoms with Crippen LogP contribution in [0.15, 0.2) is 101 Å². The molecule has 2 aliphatic heterocycles. The number of thioether (sulfide) groups is 1. The summed E-state index contributed by atoms with van der Waals surface area (Å²) in [5.74, 6) is 0.342. The Balaban J connectivity index is 1.03. The molecule has 10 heteroatoms. The van der Waals surface area contributed by atoms with Gasteiger partial charge in [-0.1, -0.05) is 60.3 Å². The minimum Gasteiger partial charge on any atom is -0.467 e. The van der Waals surface area contributed by atoms with Gasteiger partial charge in [0, 0.05) is 12.2 Å². The maximum atomic E-state index is 13.8. The lowest BCUT2D eigenvalue weighted by Crippen LogP contribution is -2.43. The van der Waals surface area contributed by atoms with Gasteiger partial charge in [0.1, 0.15) is 23.7 Å². The highest BCUT2D eigenvalue weighted by Crippen LogP contribution is 2.42. The number of hydrogen-bond acceptors (Lipinski definition) is 7. The van der Waals surface area contributed by atoms with E-state index >= 15 is 0 Å². The molecule has 2 fully saturated rings. The summed E-state index contributed by atoms with van der Waals surface area (Å²) in [6.45, 7) is 0.914. The fourth-order valence-corrected chi connectivity index (χ4v) is 7.39. The predicted octanol–water partition coefficient (Wildman–Crippen LogP) is 7.01.